The summed E-state index contributed by atoms with van der Waals surface area (Å²) in [6.07, 6.45) is 0.860. The lowest BCUT2D eigenvalue weighted by Crippen LogP contribution is -2.16. The first-order chi connectivity index (χ1) is 11.2. The molecule has 0 aromatic heterocycles. The number of benzene rings is 2. The zero-order chi connectivity index (χ0) is 15.8. The van der Waals surface area contributed by atoms with Crippen LogP contribution in [0, 0.1) is 5.92 Å². The van der Waals surface area contributed by atoms with Gasteiger partial charge in [-0.05, 0) is 54.3 Å². The molecule has 2 atom stereocenters. The van der Waals surface area contributed by atoms with E-state index in [0.717, 1.165) is 29.2 Å². The van der Waals surface area contributed by atoms with Crippen molar-refractivity contribution in [1.82, 2.24) is 0 Å². The summed E-state index contributed by atoms with van der Waals surface area (Å²) in [5, 5.41) is 3.60. The number of amides is 1. The zero-order valence-corrected chi connectivity index (χ0v) is 13.2. The number of carbonyl (C=O) groups excluding carboxylic acids is 1. The molecule has 4 rings (SSSR count). The van der Waals surface area contributed by atoms with Crippen LogP contribution in [-0.4, -0.2) is 19.1 Å². The zero-order valence-electron chi connectivity index (χ0n) is 12.4. The average molecular weight is 330 g/mol. The van der Waals surface area contributed by atoms with Gasteiger partial charge in [-0.15, -0.1) is 0 Å². The molecule has 1 aliphatic heterocycles. The molecule has 0 radical (unpaired) electrons. The molecule has 1 aliphatic carbocycles. The molecule has 0 saturated heterocycles. The van der Waals surface area contributed by atoms with E-state index in [4.69, 9.17) is 21.1 Å². The third-order valence-corrected chi connectivity index (χ3v) is 4.49. The van der Waals surface area contributed by atoms with E-state index >= 15 is 0 Å². The van der Waals surface area contributed by atoms with Crippen LogP contribution in [0.15, 0.2) is 42.5 Å². The van der Waals surface area contributed by atoms with Gasteiger partial charge in [-0.3, -0.25) is 4.79 Å². The van der Waals surface area contributed by atoms with Crippen LogP contribution in [0.4, 0.5) is 5.69 Å². The standard InChI is InChI=1S/C18H16ClNO3/c19-12-2-4-13(5-3-12)20-18(21)15-10-14(15)11-1-6-16-17(9-11)23-8-7-22-16/h1-6,9,14-15H,7-8,10H2,(H,20,21)/t14-,15+/m0/s1. The van der Waals surface area contributed by atoms with Crippen molar-refractivity contribution in [2.45, 2.75) is 12.3 Å². The number of rotatable bonds is 3. The number of anilines is 1. The van der Waals surface area contributed by atoms with E-state index in [1.807, 2.05) is 30.3 Å². The highest BCUT2D eigenvalue weighted by molar-refractivity contribution is 6.30. The molecule has 1 N–H and O–H groups in total. The van der Waals surface area contributed by atoms with Crippen LogP contribution >= 0.6 is 11.6 Å². The molecule has 5 heteroatoms. The van der Waals surface area contributed by atoms with Crippen molar-refractivity contribution in [2.24, 2.45) is 5.92 Å². The maximum absolute atomic E-state index is 12.3. The van der Waals surface area contributed by atoms with Gasteiger partial charge in [-0.1, -0.05) is 17.7 Å². The fourth-order valence-corrected chi connectivity index (χ4v) is 3.04. The molecule has 1 saturated carbocycles. The second-order valence-electron chi connectivity index (χ2n) is 5.85. The quantitative estimate of drug-likeness (QED) is 0.930. The largest absolute Gasteiger partial charge is 0.486 e. The molecule has 1 heterocycles. The average Bonchev–Trinajstić information content (AvgIpc) is 3.37. The van der Waals surface area contributed by atoms with Gasteiger partial charge in [-0.2, -0.15) is 0 Å². The predicted octanol–water partition coefficient (Wildman–Crippen LogP) is 3.85. The molecule has 0 unspecified atom stereocenters. The Morgan fingerprint density at radius 3 is 2.57 bits per heavy atom. The minimum absolute atomic E-state index is 0.00763. The Bertz CT molecular complexity index is 744. The lowest BCUT2D eigenvalue weighted by molar-refractivity contribution is -0.117. The molecule has 2 aromatic rings. The molecule has 0 spiro atoms. The Morgan fingerprint density at radius 2 is 1.78 bits per heavy atom. The Labute approximate surface area is 139 Å². The molecule has 2 aliphatic rings. The number of carbonyl (C=O) groups is 1. The highest BCUT2D eigenvalue weighted by atomic mass is 35.5. The van der Waals surface area contributed by atoms with E-state index in [1.54, 1.807) is 12.1 Å². The smallest absolute Gasteiger partial charge is 0.228 e. The lowest BCUT2D eigenvalue weighted by atomic mass is 10.1. The van der Waals surface area contributed by atoms with Gasteiger partial charge in [0.2, 0.25) is 5.91 Å². The van der Waals surface area contributed by atoms with Gasteiger partial charge in [0.1, 0.15) is 13.2 Å². The summed E-state index contributed by atoms with van der Waals surface area (Å²) in [6, 6.07) is 13.1. The molecule has 118 valence electrons. The molecular weight excluding hydrogens is 314 g/mol. The van der Waals surface area contributed by atoms with Crippen molar-refractivity contribution in [2.75, 3.05) is 18.5 Å². The minimum Gasteiger partial charge on any atom is -0.486 e. The number of halogens is 1. The molecular formula is C18H16ClNO3. The van der Waals surface area contributed by atoms with E-state index in [2.05, 4.69) is 5.32 Å². The first-order valence-corrected chi connectivity index (χ1v) is 8.04. The SMILES string of the molecule is O=C(Nc1ccc(Cl)cc1)[C@@H]1C[C@H]1c1ccc2c(c1)OCCO2. The fourth-order valence-electron chi connectivity index (χ4n) is 2.91. The highest BCUT2D eigenvalue weighted by Crippen LogP contribution is 2.49. The second kappa shape index (κ2) is 5.78. The Hall–Kier alpha value is -2.20. The van der Waals surface area contributed by atoms with E-state index in [0.29, 0.717) is 18.2 Å². The highest BCUT2D eigenvalue weighted by Gasteiger charge is 2.44. The summed E-state index contributed by atoms with van der Waals surface area (Å²) < 4.78 is 11.1. The summed E-state index contributed by atoms with van der Waals surface area (Å²) in [5.41, 5.74) is 1.90. The molecule has 1 fully saturated rings. The number of ether oxygens (including phenoxy) is 2. The summed E-state index contributed by atoms with van der Waals surface area (Å²) in [5.74, 6) is 1.86. The molecule has 4 nitrogen and oxygen atoms in total. The summed E-state index contributed by atoms with van der Waals surface area (Å²) in [4.78, 5) is 12.3. The van der Waals surface area contributed by atoms with Crippen LogP contribution in [0.25, 0.3) is 0 Å². The van der Waals surface area contributed by atoms with Gasteiger partial charge < -0.3 is 14.8 Å². The summed E-state index contributed by atoms with van der Waals surface area (Å²) in [6.45, 7) is 1.16. The Balaban J connectivity index is 1.43. The second-order valence-corrected chi connectivity index (χ2v) is 6.28. The third-order valence-electron chi connectivity index (χ3n) is 4.23. The van der Waals surface area contributed by atoms with Crippen LogP contribution < -0.4 is 14.8 Å². The third kappa shape index (κ3) is 2.99. The van der Waals surface area contributed by atoms with Crippen molar-refractivity contribution < 1.29 is 14.3 Å². The van der Waals surface area contributed by atoms with Crippen molar-refractivity contribution in [3.05, 3.63) is 53.1 Å². The van der Waals surface area contributed by atoms with Gasteiger partial charge in [0.05, 0.1) is 0 Å². The molecule has 1 amide bonds. The van der Waals surface area contributed by atoms with E-state index in [-0.39, 0.29) is 17.7 Å². The number of nitrogens with one attached hydrogen (secondary N) is 1. The molecule has 23 heavy (non-hydrogen) atoms. The van der Waals surface area contributed by atoms with Gasteiger partial charge >= 0.3 is 0 Å². The van der Waals surface area contributed by atoms with E-state index < -0.39 is 0 Å². The summed E-state index contributed by atoms with van der Waals surface area (Å²) >= 11 is 5.85. The van der Waals surface area contributed by atoms with Crippen LogP contribution in [0.2, 0.25) is 5.02 Å². The minimum atomic E-state index is 0.00763. The maximum atomic E-state index is 12.3. The monoisotopic (exact) mass is 329 g/mol. The predicted molar refractivity (Wildman–Crippen MR) is 88.4 cm³/mol. The summed E-state index contributed by atoms with van der Waals surface area (Å²) in [7, 11) is 0. The number of hydrogen-bond acceptors (Lipinski definition) is 3. The van der Waals surface area contributed by atoms with Gasteiger partial charge in [0.25, 0.3) is 0 Å². The first-order valence-electron chi connectivity index (χ1n) is 7.67. The maximum Gasteiger partial charge on any atom is 0.228 e. The van der Waals surface area contributed by atoms with Crippen molar-refractivity contribution in [3.8, 4) is 11.5 Å². The van der Waals surface area contributed by atoms with Gasteiger partial charge in [0.15, 0.2) is 11.5 Å². The Morgan fingerprint density at radius 1 is 1.04 bits per heavy atom. The van der Waals surface area contributed by atoms with E-state index in [9.17, 15) is 4.79 Å². The first kappa shape index (κ1) is 14.4. The molecule has 0 bridgehead atoms. The van der Waals surface area contributed by atoms with Crippen LogP contribution in [-0.2, 0) is 4.79 Å². The van der Waals surface area contributed by atoms with Crippen molar-refractivity contribution in [1.29, 1.82) is 0 Å². The van der Waals surface area contributed by atoms with Gasteiger partial charge in [-0.25, -0.2) is 0 Å². The van der Waals surface area contributed by atoms with Crippen molar-refractivity contribution >= 4 is 23.2 Å². The molecule has 2 aromatic carbocycles. The van der Waals surface area contributed by atoms with Gasteiger partial charge in [0, 0.05) is 16.6 Å². The lowest BCUT2D eigenvalue weighted by Gasteiger charge is -2.18. The normalized spacial score (nSPS) is 21.6. The topological polar surface area (TPSA) is 47.6 Å². The van der Waals surface area contributed by atoms with E-state index in [1.165, 1.54) is 0 Å². The fraction of sp³-hybridized carbons (Fsp3) is 0.278. The van der Waals surface area contributed by atoms with Crippen LogP contribution in [0.1, 0.15) is 17.9 Å². The van der Waals surface area contributed by atoms with Crippen LogP contribution in [0.5, 0.6) is 11.5 Å². The number of fused-ring (bicyclic) bond motifs is 1. The van der Waals surface area contributed by atoms with Crippen molar-refractivity contribution in [3.63, 3.8) is 0 Å². The van der Waals surface area contributed by atoms with Crippen LogP contribution in [0.3, 0.4) is 0 Å². The Kier molecular flexibility index (Phi) is 3.62. The number of hydrogen-bond donors (Lipinski definition) is 1.